The van der Waals surface area contributed by atoms with Gasteiger partial charge in [0.25, 0.3) is 0 Å². The van der Waals surface area contributed by atoms with Crippen molar-refractivity contribution >= 4 is 80.0 Å². The molecule has 0 fully saturated rings. The average Bonchev–Trinajstić information content (AvgIpc) is 2.95. The minimum Gasteiger partial charge on any atom is -0.744 e. The molecular formula is C30H21AlO9S3-3. The largest absolute Gasteiger partial charge is 0.744 e. The van der Waals surface area contributed by atoms with Crippen LogP contribution in [0.1, 0.15) is 0 Å². The van der Waals surface area contributed by atoms with Gasteiger partial charge in [-0.05, 0) is 50.5 Å². The molecule has 43 heavy (non-hydrogen) atoms. The Morgan fingerprint density at radius 3 is 0.767 bits per heavy atom. The number of benzene rings is 6. The van der Waals surface area contributed by atoms with E-state index in [0.29, 0.717) is 16.2 Å². The lowest BCUT2D eigenvalue weighted by Gasteiger charge is -2.09. The molecule has 0 aliphatic heterocycles. The maximum absolute atomic E-state index is 10.9. The van der Waals surface area contributed by atoms with Gasteiger partial charge in [0.1, 0.15) is 30.4 Å². The van der Waals surface area contributed by atoms with Crippen LogP contribution in [-0.4, -0.2) is 56.3 Å². The highest BCUT2D eigenvalue weighted by atomic mass is 32.2. The van der Waals surface area contributed by atoms with Gasteiger partial charge in [0.05, 0.1) is 14.7 Å². The molecule has 0 saturated heterocycles. The molecule has 0 atom stereocenters. The topological polar surface area (TPSA) is 172 Å². The van der Waals surface area contributed by atoms with Gasteiger partial charge in [-0.25, -0.2) is 25.3 Å². The van der Waals surface area contributed by atoms with E-state index in [1.54, 1.807) is 109 Å². The van der Waals surface area contributed by atoms with Gasteiger partial charge in [0.2, 0.25) is 0 Å². The summed E-state index contributed by atoms with van der Waals surface area (Å²) >= 11 is 0. The van der Waals surface area contributed by atoms with Crippen LogP contribution in [0.3, 0.4) is 0 Å². The minimum atomic E-state index is -4.38. The molecule has 3 radical (unpaired) electrons. The lowest BCUT2D eigenvalue weighted by molar-refractivity contribution is 0.462. The van der Waals surface area contributed by atoms with Crippen LogP contribution < -0.4 is 0 Å². The van der Waals surface area contributed by atoms with Crippen LogP contribution in [0.25, 0.3) is 32.3 Å². The molecule has 6 aromatic carbocycles. The summed E-state index contributed by atoms with van der Waals surface area (Å²) in [6.07, 6.45) is 0. The highest BCUT2D eigenvalue weighted by Crippen LogP contribution is 2.24. The first-order chi connectivity index (χ1) is 19.8. The minimum absolute atomic E-state index is 0. The van der Waals surface area contributed by atoms with Gasteiger partial charge in [-0.3, -0.25) is 0 Å². The Kier molecular flexibility index (Phi) is 10.8. The zero-order valence-electron chi connectivity index (χ0n) is 22.1. The van der Waals surface area contributed by atoms with E-state index >= 15 is 0 Å². The van der Waals surface area contributed by atoms with Crippen molar-refractivity contribution in [3.05, 3.63) is 127 Å². The van der Waals surface area contributed by atoms with E-state index < -0.39 is 30.4 Å². The summed E-state index contributed by atoms with van der Waals surface area (Å²) in [5, 5.41) is 3.69. The van der Waals surface area contributed by atoms with Crippen molar-refractivity contribution < 1.29 is 38.9 Å². The van der Waals surface area contributed by atoms with E-state index in [1.165, 1.54) is 18.2 Å². The summed E-state index contributed by atoms with van der Waals surface area (Å²) in [5.41, 5.74) is 0. The molecule has 9 nitrogen and oxygen atoms in total. The second-order valence-corrected chi connectivity index (χ2v) is 12.8. The monoisotopic (exact) mass is 648 g/mol. The van der Waals surface area contributed by atoms with Crippen molar-refractivity contribution in [3.8, 4) is 0 Å². The van der Waals surface area contributed by atoms with E-state index in [-0.39, 0.29) is 32.0 Å². The van der Waals surface area contributed by atoms with Gasteiger partial charge in [-0.1, -0.05) is 109 Å². The van der Waals surface area contributed by atoms with Gasteiger partial charge in [0, 0.05) is 17.4 Å². The fourth-order valence-electron chi connectivity index (χ4n) is 4.24. The molecule has 0 bridgehead atoms. The van der Waals surface area contributed by atoms with E-state index in [0.717, 1.165) is 16.2 Å². The Hall–Kier alpha value is -3.64. The predicted octanol–water partition coefficient (Wildman–Crippen LogP) is 4.85. The molecule has 0 spiro atoms. The van der Waals surface area contributed by atoms with Gasteiger partial charge >= 0.3 is 0 Å². The maximum Gasteiger partial charge on any atom is 0.125 e. The number of hydrogen-bond donors (Lipinski definition) is 0. The molecule has 0 heterocycles. The molecule has 13 heteroatoms. The number of hydrogen-bond acceptors (Lipinski definition) is 9. The Labute approximate surface area is 259 Å². The number of fused-ring (bicyclic) bond motifs is 3. The van der Waals surface area contributed by atoms with Crippen molar-refractivity contribution in [3.63, 3.8) is 0 Å². The van der Waals surface area contributed by atoms with Crippen LogP contribution >= 0.6 is 0 Å². The summed E-state index contributed by atoms with van der Waals surface area (Å²) in [6, 6.07) is 34.6. The summed E-state index contributed by atoms with van der Waals surface area (Å²) < 4.78 is 98.0. The Morgan fingerprint density at radius 1 is 0.326 bits per heavy atom. The molecule has 0 saturated carbocycles. The molecule has 0 aliphatic rings. The first kappa shape index (κ1) is 33.9. The fourth-order valence-corrected chi connectivity index (χ4v) is 6.34. The third-order valence-electron chi connectivity index (χ3n) is 6.06. The second-order valence-electron chi connectivity index (χ2n) is 8.79. The highest BCUT2D eigenvalue weighted by molar-refractivity contribution is 7.86. The quantitative estimate of drug-likeness (QED) is 0.192. The van der Waals surface area contributed by atoms with Crippen LogP contribution in [0.2, 0.25) is 0 Å². The molecule has 219 valence electrons. The standard InChI is InChI=1S/3C10H8O3S.Al/c3*11-14(12,13)10-7-3-5-8-4-1-2-6-9(8)10;/h3*1-7H,(H,11,12,13);/p-3. The van der Waals surface area contributed by atoms with Crippen LogP contribution in [0, 0.1) is 0 Å². The summed E-state index contributed by atoms with van der Waals surface area (Å²) in [6.45, 7) is 0. The molecule has 0 N–H and O–H groups in total. The Balaban J connectivity index is 0.000000175. The van der Waals surface area contributed by atoms with E-state index in [9.17, 15) is 38.9 Å². The maximum atomic E-state index is 10.9. The van der Waals surface area contributed by atoms with Crippen molar-refractivity contribution in [1.82, 2.24) is 0 Å². The van der Waals surface area contributed by atoms with Crippen molar-refractivity contribution in [2.24, 2.45) is 0 Å². The average molecular weight is 649 g/mol. The molecule has 0 unspecified atom stereocenters. The lowest BCUT2D eigenvalue weighted by atomic mass is 10.1. The first-order valence-electron chi connectivity index (χ1n) is 12.1. The van der Waals surface area contributed by atoms with Gasteiger partial charge in [0.15, 0.2) is 0 Å². The summed E-state index contributed by atoms with van der Waals surface area (Å²) in [4.78, 5) is -0.471. The fraction of sp³-hybridized carbons (Fsp3) is 0. The smallest absolute Gasteiger partial charge is 0.125 e. The van der Waals surface area contributed by atoms with E-state index in [1.807, 2.05) is 0 Å². The Bertz CT molecular complexity index is 1960. The van der Waals surface area contributed by atoms with Crippen LogP contribution in [0.15, 0.2) is 142 Å². The zero-order valence-corrected chi connectivity index (χ0v) is 25.7. The van der Waals surface area contributed by atoms with E-state index in [2.05, 4.69) is 0 Å². The third kappa shape index (κ3) is 8.48. The summed E-state index contributed by atoms with van der Waals surface area (Å²) in [5.74, 6) is 0. The van der Waals surface area contributed by atoms with Gasteiger partial charge in [-0.15, -0.1) is 0 Å². The lowest BCUT2D eigenvalue weighted by Crippen LogP contribution is -1.98. The molecule has 6 aromatic rings. The molecule has 0 aliphatic carbocycles. The first-order valence-corrected chi connectivity index (χ1v) is 16.3. The van der Waals surface area contributed by atoms with E-state index in [4.69, 9.17) is 0 Å². The van der Waals surface area contributed by atoms with Crippen LogP contribution in [-0.2, 0) is 30.4 Å². The Morgan fingerprint density at radius 2 is 0.535 bits per heavy atom. The van der Waals surface area contributed by atoms with Gasteiger partial charge in [-0.2, -0.15) is 0 Å². The van der Waals surface area contributed by atoms with Gasteiger partial charge < -0.3 is 13.7 Å². The van der Waals surface area contributed by atoms with Crippen molar-refractivity contribution in [1.29, 1.82) is 0 Å². The third-order valence-corrected chi connectivity index (χ3v) is 8.74. The molecule has 6 rings (SSSR count). The second kappa shape index (κ2) is 13.8. The highest BCUT2D eigenvalue weighted by Gasteiger charge is 2.07. The summed E-state index contributed by atoms with van der Waals surface area (Å²) in [7, 11) is -13.1. The SMILES string of the molecule is O=S(=O)([O-])c1cccc2ccccc12.O=S(=O)([O-])c1cccc2ccccc12.O=S(=O)([O-])c1cccc2ccccc12.[Al]. The molecular weight excluding hydrogens is 628 g/mol. The molecule has 0 amide bonds. The van der Waals surface area contributed by atoms with Crippen molar-refractivity contribution in [2.75, 3.05) is 0 Å². The number of rotatable bonds is 3. The predicted molar refractivity (Wildman–Crippen MR) is 161 cm³/mol. The van der Waals surface area contributed by atoms with Crippen LogP contribution in [0.4, 0.5) is 0 Å². The zero-order chi connectivity index (χ0) is 30.5. The van der Waals surface area contributed by atoms with Crippen LogP contribution in [0.5, 0.6) is 0 Å². The normalized spacial score (nSPS) is 11.5. The molecule has 0 aromatic heterocycles. The van der Waals surface area contributed by atoms with Crippen molar-refractivity contribution in [2.45, 2.75) is 14.7 Å².